The number of carbonyl (C=O) groups excluding carboxylic acids is 1. The molecule has 5 rings (SSSR count). The van der Waals surface area contributed by atoms with Crippen LogP contribution in [0.4, 0.5) is 0 Å². The van der Waals surface area contributed by atoms with Crippen LogP contribution >= 0.6 is 11.6 Å². The van der Waals surface area contributed by atoms with Crippen molar-refractivity contribution in [1.29, 1.82) is 0 Å². The van der Waals surface area contributed by atoms with Gasteiger partial charge in [-0.25, -0.2) is 0 Å². The van der Waals surface area contributed by atoms with Gasteiger partial charge >= 0.3 is 0 Å². The Kier molecular flexibility index (Phi) is 3.56. The lowest BCUT2D eigenvalue weighted by molar-refractivity contribution is -0.0119. The van der Waals surface area contributed by atoms with Gasteiger partial charge in [0.05, 0.1) is 12.1 Å². The zero-order valence-electron chi connectivity index (χ0n) is 12.8. The normalized spacial score (nSPS) is 35.5. The molecule has 22 heavy (non-hydrogen) atoms. The lowest BCUT2D eigenvalue weighted by atomic mass is 9.54. The van der Waals surface area contributed by atoms with Crippen molar-refractivity contribution in [2.45, 2.75) is 38.1 Å². The van der Waals surface area contributed by atoms with Crippen molar-refractivity contribution in [2.24, 2.45) is 23.7 Å². The van der Waals surface area contributed by atoms with Crippen molar-refractivity contribution < 1.29 is 9.53 Å². The number of amides is 1. The fourth-order valence-corrected chi connectivity index (χ4v) is 5.46. The maximum absolute atomic E-state index is 12.6. The predicted octanol–water partition coefficient (Wildman–Crippen LogP) is 3.90. The van der Waals surface area contributed by atoms with E-state index in [0.29, 0.717) is 34.2 Å². The van der Waals surface area contributed by atoms with E-state index in [9.17, 15) is 4.79 Å². The van der Waals surface area contributed by atoms with Crippen molar-refractivity contribution in [3.63, 3.8) is 0 Å². The average molecular weight is 320 g/mol. The Labute approximate surface area is 136 Å². The van der Waals surface area contributed by atoms with Crippen molar-refractivity contribution >= 4 is 17.5 Å². The van der Waals surface area contributed by atoms with Crippen molar-refractivity contribution in [3.05, 3.63) is 28.8 Å². The van der Waals surface area contributed by atoms with Gasteiger partial charge in [-0.05, 0) is 74.0 Å². The van der Waals surface area contributed by atoms with Gasteiger partial charge in [0.2, 0.25) is 0 Å². The summed E-state index contributed by atoms with van der Waals surface area (Å²) in [4.78, 5) is 12.6. The van der Waals surface area contributed by atoms with Gasteiger partial charge in [-0.2, -0.15) is 0 Å². The van der Waals surface area contributed by atoms with Crippen LogP contribution in [0.3, 0.4) is 0 Å². The summed E-state index contributed by atoms with van der Waals surface area (Å²) in [5, 5.41) is 3.79. The second-order valence-electron chi connectivity index (χ2n) is 7.28. The molecule has 4 heteroatoms. The highest BCUT2D eigenvalue weighted by Gasteiger charge is 2.48. The molecular weight excluding hydrogens is 298 g/mol. The highest BCUT2D eigenvalue weighted by molar-refractivity contribution is 6.32. The molecule has 0 unspecified atom stereocenters. The molecule has 4 bridgehead atoms. The molecule has 4 saturated carbocycles. The van der Waals surface area contributed by atoms with Gasteiger partial charge in [-0.15, -0.1) is 0 Å². The third kappa shape index (κ3) is 2.40. The molecule has 0 aromatic heterocycles. The predicted molar refractivity (Wildman–Crippen MR) is 86.3 cm³/mol. The molecule has 1 aromatic rings. The van der Waals surface area contributed by atoms with Crippen LogP contribution < -0.4 is 10.1 Å². The Morgan fingerprint density at radius 1 is 1.14 bits per heavy atom. The van der Waals surface area contributed by atoms with E-state index >= 15 is 0 Å². The van der Waals surface area contributed by atoms with Crippen molar-refractivity contribution in [3.8, 4) is 5.75 Å². The van der Waals surface area contributed by atoms with E-state index in [0.717, 1.165) is 11.8 Å². The lowest BCUT2D eigenvalue weighted by Crippen LogP contribution is -2.55. The van der Waals surface area contributed by atoms with E-state index in [1.165, 1.54) is 32.1 Å². The fraction of sp³-hybridized carbons (Fsp3) is 0.611. The van der Waals surface area contributed by atoms with Crippen LogP contribution in [0, 0.1) is 23.7 Å². The number of benzene rings is 1. The molecule has 4 aliphatic rings. The number of halogens is 1. The zero-order chi connectivity index (χ0) is 15.3. The van der Waals surface area contributed by atoms with Crippen LogP contribution in [0.25, 0.3) is 0 Å². The highest BCUT2D eigenvalue weighted by atomic mass is 35.5. The molecule has 0 radical (unpaired) electrons. The number of nitrogens with one attached hydrogen (secondary N) is 1. The molecule has 4 aliphatic carbocycles. The standard InChI is InChI=1S/C18H22ClNO2/c1-22-16-3-2-12(9-15(16)19)18(21)20-17-13-5-10-4-11(7-13)8-14(17)6-10/h2-3,9-11,13-14,17H,4-8H2,1H3,(H,20,21). The summed E-state index contributed by atoms with van der Waals surface area (Å²) >= 11 is 6.13. The number of hydrogen-bond donors (Lipinski definition) is 1. The summed E-state index contributed by atoms with van der Waals surface area (Å²) in [6.45, 7) is 0. The first-order valence-corrected chi connectivity index (χ1v) is 8.66. The maximum atomic E-state index is 12.6. The van der Waals surface area contributed by atoms with Gasteiger partial charge < -0.3 is 10.1 Å². The first-order chi connectivity index (χ1) is 10.6. The quantitative estimate of drug-likeness (QED) is 0.917. The molecule has 0 saturated heterocycles. The second-order valence-corrected chi connectivity index (χ2v) is 7.69. The number of carbonyl (C=O) groups is 1. The summed E-state index contributed by atoms with van der Waals surface area (Å²) in [5.74, 6) is 3.83. The van der Waals surface area contributed by atoms with E-state index in [1.54, 1.807) is 25.3 Å². The molecule has 3 nitrogen and oxygen atoms in total. The van der Waals surface area contributed by atoms with Crippen LogP contribution in [0.5, 0.6) is 5.75 Å². The molecule has 0 spiro atoms. The first kappa shape index (κ1) is 14.4. The monoisotopic (exact) mass is 319 g/mol. The van der Waals surface area contributed by atoms with Gasteiger partial charge in [-0.1, -0.05) is 11.6 Å². The first-order valence-electron chi connectivity index (χ1n) is 8.28. The smallest absolute Gasteiger partial charge is 0.251 e. The minimum atomic E-state index is 0.00188. The molecule has 0 aliphatic heterocycles. The van der Waals surface area contributed by atoms with Gasteiger partial charge in [-0.3, -0.25) is 4.79 Å². The van der Waals surface area contributed by atoms with Gasteiger partial charge in [0.15, 0.2) is 0 Å². The largest absolute Gasteiger partial charge is 0.495 e. The Balaban J connectivity index is 1.49. The fourth-order valence-electron chi connectivity index (χ4n) is 5.20. The number of methoxy groups -OCH3 is 1. The van der Waals surface area contributed by atoms with Crippen molar-refractivity contribution in [2.75, 3.05) is 7.11 Å². The van der Waals surface area contributed by atoms with Crippen LogP contribution in [0.1, 0.15) is 42.5 Å². The summed E-state index contributed by atoms with van der Waals surface area (Å²) in [7, 11) is 1.58. The van der Waals surface area contributed by atoms with E-state index in [1.807, 2.05) is 0 Å². The summed E-state index contributed by atoms with van der Waals surface area (Å²) in [6, 6.07) is 5.61. The molecule has 0 heterocycles. The molecule has 118 valence electrons. The molecule has 1 N–H and O–H groups in total. The van der Waals surface area contributed by atoms with E-state index in [4.69, 9.17) is 16.3 Å². The Morgan fingerprint density at radius 3 is 2.32 bits per heavy atom. The third-order valence-corrected chi connectivity index (χ3v) is 6.23. The van der Waals surface area contributed by atoms with Crippen LogP contribution in [0.15, 0.2) is 18.2 Å². The number of hydrogen-bond acceptors (Lipinski definition) is 2. The molecule has 0 atom stereocenters. The molecule has 1 aromatic carbocycles. The van der Waals surface area contributed by atoms with Crippen LogP contribution in [-0.2, 0) is 0 Å². The van der Waals surface area contributed by atoms with Gasteiger partial charge in [0.25, 0.3) is 5.91 Å². The summed E-state index contributed by atoms with van der Waals surface area (Å²) < 4.78 is 5.14. The SMILES string of the molecule is COc1ccc(C(=O)NC2C3CC4CC(C3)CC2C4)cc1Cl. The maximum Gasteiger partial charge on any atom is 0.251 e. The third-order valence-electron chi connectivity index (χ3n) is 5.94. The van der Waals surface area contributed by atoms with Crippen LogP contribution in [-0.4, -0.2) is 19.1 Å². The van der Waals surface area contributed by atoms with E-state index < -0.39 is 0 Å². The minimum absolute atomic E-state index is 0.00188. The van der Waals surface area contributed by atoms with E-state index in [2.05, 4.69) is 5.32 Å². The number of ether oxygens (including phenoxy) is 1. The van der Waals surface area contributed by atoms with Crippen LogP contribution in [0.2, 0.25) is 5.02 Å². The van der Waals surface area contributed by atoms with E-state index in [-0.39, 0.29) is 5.91 Å². The molecule has 4 fully saturated rings. The molecule has 1 amide bonds. The number of rotatable bonds is 3. The summed E-state index contributed by atoms with van der Waals surface area (Å²) in [6.07, 6.45) is 6.66. The second kappa shape index (κ2) is 5.45. The Hall–Kier alpha value is -1.22. The zero-order valence-corrected chi connectivity index (χ0v) is 13.6. The highest BCUT2D eigenvalue weighted by Crippen LogP contribution is 2.53. The molecular formula is C18H22ClNO2. The average Bonchev–Trinajstić information content (AvgIpc) is 2.50. The van der Waals surface area contributed by atoms with Gasteiger partial charge in [0.1, 0.15) is 5.75 Å². The van der Waals surface area contributed by atoms with Gasteiger partial charge in [0, 0.05) is 11.6 Å². The minimum Gasteiger partial charge on any atom is -0.495 e. The Morgan fingerprint density at radius 2 is 1.77 bits per heavy atom. The topological polar surface area (TPSA) is 38.3 Å². The lowest BCUT2D eigenvalue weighted by Gasteiger charge is -2.54. The Bertz CT molecular complexity index is 573. The van der Waals surface area contributed by atoms with Crippen molar-refractivity contribution in [1.82, 2.24) is 5.32 Å². The summed E-state index contributed by atoms with van der Waals surface area (Å²) in [5.41, 5.74) is 0.625.